The standard InChI is InChI=1S/C23H25BrN4O4S2/c1-25-22(33)23(16-5-10-20-26-12-13-28(20)15-16)11-3-2-4-19(23)32-21(29)14-27-34(30,31)18-8-6-17(24)7-9-18/h5-10,12-13,15,19,27H,2-4,11,14H2,1H3,(H,25,33). The zero-order valence-electron chi connectivity index (χ0n) is 18.5. The summed E-state index contributed by atoms with van der Waals surface area (Å²) < 4.78 is 36.0. The maximum absolute atomic E-state index is 12.8. The number of hydrogen-bond donors (Lipinski definition) is 2. The number of pyridine rings is 1. The lowest BCUT2D eigenvalue weighted by atomic mass is 9.67. The first kappa shape index (κ1) is 24.8. The SMILES string of the molecule is CNC(=S)C1(c2ccc3nccn3c2)CCCCC1OC(=O)CNS(=O)(=O)c1ccc(Br)cc1. The van der Waals surface area contributed by atoms with Crippen LogP contribution in [0.5, 0.6) is 0 Å². The van der Waals surface area contributed by atoms with Gasteiger partial charge < -0.3 is 14.5 Å². The van der Waals surface area contributed by atoms with Gasteiger partial charge in [0.05, 0.1) is 15.3 Å². The predicted molar refractivity (Wildman–Crippen MR) is 136 cm³/mol. The fourth-order valence-electron chi connectivity index (χ4n) is 4.48. The summed E-state index contributed by atoms with van der Waals surface area (Å²) in [4.78, 5) is 17.8. The monoisotopic (exact) mass is 564 g/mol. The van der Waals surface area contributed by atoms with E-state index in [1.165, 1.54) is 12.1 Å². The van der Waals surface area contributed by atoms with Gasteiger partial charge in [-0.25, -0.2) is 13.4 Å². The highest BCUT2D eigenvalue weighted by Crippen LogP contribution is 2.42. The van der Waals surface area contributed by atoms with E-state index in [0.717, 1.165) is 28.5 Å². The normalized spacial score (nSPS) is 20.7. The number of imidazole rings is 1. The molecule has 4 rings (SSSR count). The molecule has 0 spiro atoms. The van der Waals surface area contributed by atoms with Gasteiger partial charge >= 0.3 is 5.97 Å². The molecule has 1 fully saturated rings. The minimum absolute atomic E-state index is 0.0699. The van der Waals surface area contributed by atoms with E-state index < -0.39 is 34.1 Å². The number of nitrogens with one attached hydrogen (secondary N) is 2. The summed E-state index contributed by atoms with van der Waals surface area (Å²) in [7, 11) is -2.09. The molecule has 0 amide bonds. The van der Waals surface area contributed by atoms with Crippen molar-refractivity contribution in [2.75, 3.05) is 13.6 Å². The topological polar surface area (TPSA) is 102 Å². The van der Waals surface area contributed by atoms with Gasteiger partial charge in [0.2, 0.25) is 10.0 Å². The lowest BCUT2D eigenvalue weighted by molar-refractivity contribution is -0.151. The van der Waals surface area contributed by atoms with Gasteiger partial charge in [0.15, 0.2) is 0 Å². The first-order chi connectivity index (χ1) is 16.3. The van der Waals surface area contributed by atoms with Crippen molar-refractivity contribution in [1.82, 2.24) is 19.4 Å². The van der Waals surface area contributed by atoms with E-state index in [-0.39, 0.29) is 4.90 Å². The molecule has 2 aromatic heterocycles. The molecule has 8 nitrogen and oxygen atoms in total. The number of benzene rings is 1. The first-order valence-electron chi connectivity index (χ1n) is 10.9. The number of rotatable bonds is 7. The molecule has 1 aliphatic carbocycles. The Morgan fingerprint density at radius 2 is 2.03 bits per heavy atom. The van der Waals surface area contributed by atoms with Gasteiger partial charge in [-0.2, -0.15) is 4.72 Å². The molecule has 3 aromatic rings. The number of esters is 1. The molecule has 180 valence electrons. The van der Waals surface area contributed by atoms with Crippen LogP contribution >= 0.6 is 28.1 Å². The molecular weight excluding hydrogens is 540 g/mol. The number of halogens is 1. The van der Waals surface area contributed by atoms with Crippen molar-refractivity contribution in [3.8, 4) is 0 Å². The molecule has 2 unspecified atom stereocenters. The molecule has 0 radical (unpaired) electrons. The number of nitrogens with zero attached hydrogens (tertiary/aromatic N) is 2. The lowest BCUT2D eigenvalue weighted by Gasteiger charge is -2.44. The second-order valence-electron chi connectivity index (χ2n) is 8.16. The molecular formula is C23H25BrN4O4S2. The molecule has 1 aliphatic rings. The zero-order chi connectivity index (χ0) is 24.3. The van der Waals surface area contributed by atoms with Crippen LogP contribution in [0.15, 0.2) is 64.4 Å². The number of hydrogen-bond acceptors (Lipinski definition) is 6. The quantitative estimate of drug-likeness (QED) is 0.335. The lowest BCUT2D eigenvalue weighted by Crippen LogP contribution is -2.54. The molecule has 11 heteroatoms. The van der Waals surface area contributed by atoms with E-state index in [4.69, 9.17) is 17.0 Å². The Morgan fingerprint density at radius 1 is 1.26 bits per heavy atom. The Morgan fingerprint density at radius 3 is 2.76 bits per heavy atom. The van der Waals surface area contributed by atoms with Crippen LogP contribution in [0.4, 0.5) is 0 Å². The Labute approximate surface area is 212 Å². The summed E-state index contributed by atoms with van der Waals surface area (Å²) >= 11 is 9.04. The number of carbonyl (C=O) groups is 1. The van der Waals surface area contributed by atoms with E-state index >= 15 is 0 Å². The third-order valence-corrected chi connectivity index (χ3v) is 8.69. The Kier molecular flexibility index (Phi) is 7.36. The van der Waals surface area contributed by atoms with Crippen molar-refractivity contribution in [3.63, 3.8) is 0 Å². The first-order valence-corrected chi connectivity index (χ1v) is 13.5. The van der Waals surface area contributed by atoms with E-state index in [0.29, 0.717) is 17.8 Å². The van der Waals surface area contributed by atoms with Gasteiger partial charge in [0, 0.05) is 30.1 Å². The molecule has 1 aromatic carbocycles. The smallest absolute Gasteiger partial charge is 0.321 e. The predicted octanol–water partition coefficient (Wildman–Crippen LogP) is 3.35. The molecule has 34 heavy (non-hydrogen) atoms. The van der Waals surface area contributed by atoms with Crippen LogP contribution < -0.4 is 10.0 Å². The maximum Gasteiger partial charge on any atom is 0.321 e. The average molecular weight is 566 g/mol. The zero-order valence-corrected chi connectivity index (χ0v) is 21.7. The summed E-state index contributed by atoms with van der Waals surface area (Å²) in [5.74, 6) is -0.653. The van der Waals surface area contributed by atoms with Crippen LogP contribution in [0.1, 0.15) is 31.2 Å². The maximum atomic E-state index is 12.8. The molecule has 0 bridgehead atoms. The summed E-state index contributed by atoms with van der Waals surface area (Å²) in [6.45, 7) is -0.474. The highest BCUT2D eigenvalue weighted by Gasteiger charge is 2.48. The fraction of sp³-hybridized carbons (Fsp3) is 0.348. The van der Waals surface area contributed by atoms with Gasteiger partial charge in [-0.15, -0.1) is 0 Å². The van der Waals surface area contributed by atoms with Crippen LogP contribution in [0.3, 0.4) is 0 Å². The highest BCUT2D eigenvalue weighted by atomic mass is 79.9. The van der Waals surface area contributed by atoms with Crippen LogP contribution in [0.2, 0.25) is 0 Å². The van der Waals surface area contributed by atoms with Crippen molar-refractivity contribution >= 4 is 54.8 Å². The van der Waals surface area contributed by atoms with E-state index in [2.05, 4.69) is 31.0 Å². The van der Waals surface area contributed by atoms with E-state index in [1.807, 2.05) is 28.9 Å². The number of aromatic nitrogens is 2. The van der Waals surface area contributed by atoms with Crippen molar-refractivity contribution in [3.05, 3.63) is 65.0 Å². The number of sulfonamides is 1. The van der Waals surface area contributed by atoms with Crippen LogP contribution in [-0.2, 0) is 25.0 Å². The van der Waals surface area contributed by atoms with Crippen molar-refractivity contribution in [1.29, 1.82) is 0 Å². The summed E-state index contributed by atoms with van der Waals surface area (Å²) in [5.41, 5.74) is 1.01. The average Bonchev–Trinajstić information content (AvgIpc) is 3.31. The minimum atomic E-state index is -3.85. The van der Waals surface area contributed by atoms with Gasteiger partial charge in [-0.1, -0.05) is 40.6 Å². The molecule has 2 N–H and O–H groups in total. The molecule has 0 saturated heterocycles. The van der Waals surface area contributed by atoms with E-state index in [1.54, 1.807) is 25.4 Å². The van der Waals surface area contributed by atoms with E-state index in [9.17, 15) is 13.2 Å². The Balaban J connectivity index is 1.56. The third-order valence-electron chi connectivity index (χ3n) is 6.18. The number of carbonyl (C=O) groups excluding carboxylic acids is 1. The van der Waals surface area contributed by atoms with Crippen molar-refractivity contribution in [2.45, 2.75) is 42.1 Å². The molecule has 2 heterocycles. The van der Waals surface area contributed by atoms with Gasteiger partial charge in [0.25, 0.3) is 0 Å². The van der Waals surface area contributed by atoms with Crippen LogP contribution in [0.25, 0.3) is 5.65 Å². The summed E-state index contributed by atoms with van der Waals surface area (Å²) in [6.07, 6.45) is 8.14. The third kappa shape index (κ3) is 4.88. The molecule has 1 saturated carbocycles. The summed E-state index contributed by atoms with van der Waals surface area (Å²) in [5, 5.41) is 3.10. The van der Waals surface area contributed by atoms with Crippen molar-refractivity contribution < 1.29 is 17.9 Å². The highest BCUT2D eigenvalue weighted by molar-refractivity contribution is 9.10. The number of fused-ring (bicyclic) bond motifs is 1. The van der Waals surface area contributed by atoms with Crippen LogP contribution in [0, 0.1) is 0 Å². The van der Waals surface area contributed by atoms with Crippen molar-refractivity contribution in [2.24, 2.45) is 0 Å². The molecule has 0 aliphatic heterocycles. The Hall–Kier alpha value is -2.34. The minimum Gasteiger partial charge on any atom is -0.460 e. The van der Waals surface area contributed by atoms with Gasteiger partial charge in [-0.3, -0.25) is 4.79 Å². The van der Waals surface area contributed by atoms with Gasteiger partial charge in [0.1, 0.15) is 18.3 Å². The Bertz CT molecular complexity index is 1310. The van der Waals surface area contributed by atoms with Crippen LogP contribution in [-0.4, -0.2) is 48.5 Å². The largest absolute Gasteiger partial charge is 0.460 e. The molecule has 2 atom stereocenters. The number of likely N-dealkylation sites (N-methyl/N-ethyl adjacent to an activating group) is 1. The number of ether oxygens (including phenoxy) is 1. The summed E-state index contributed by atoms with van der Waals surface area (Å²) in [6, 6.07) is 10.0. The number of thiocarbonyl (C=S) groups is 1. The second kappa shape index (κ2) is 10.1. The van der Waals surface area contributed by atoms with Gasteiger partial charge in [-0.05, 0) is 55.2 Å². The second-order valence-corrected chi connectivity index (χ2v) is 11.3. The fourth-order valence-corrected chi connectivity index (χ4v) is 6.06.